The van der Waals surface area contributed by atoms with Gasteiger partial charge in [-0.05, 0) is 35.7 Å². The molecule has 0 aliphatic rings. The summed E-state index contributed by atoms with van der Waals surface area (Å²) in [5, 5.41) is 5.56. The normalized spacial score (nSPS) is 10.4. The number of carbonyl (C=O) groups is 2. The lowest BCUT2D eigenvalue weighted by molar-refractivity contribution is -0.124. The lowest BCUT2D eigenvalue weighted by Gasteiger charge is -2.18. The van der Waals surface area contributed by atoms with Crippen LogP contribution in [0.5, 0.6) is 5.75 Å². The Morgan fingerprint density at radius 1 is 0.897 bits per heavy atom. The number of methoxy groups -OCH3 is 1. The summed E-state index contributed by atoms with van der Waals surface area (Å²) in [5.74, 6) is -0.462. The van der Waals surface area contributed by atoms with Crippen LogP contribution in [0.15, 0.2) is 78.9 Å². The van der Waals surface area contributed by atoms with Crippen molar-refractivity contribution in [2.75, 3.05) is 19.0 Å². The van der Waals surface area contributed by atoms with E-state index in [4.69, 9.17) is 4.74 Å². The standard InChI is InChI=1S/C24H24N2O3/c1-17-13-14-21(29-2)20(15-17)26-22(27)16-25-24(28)23(18-9-5-3-6-10-18)19-11-7-4-8-12-19/h3-15,23H,16H2,1-2H3,(H,25,28)(H,26,27). The summed E-state index contributed by atoms with van der Waals surface area (Å²) in [5.41, 5.74) is 3.32. The van der Waals surface area contributed by atoms with Crippen molar-refractivity contribution in [1.29, 1.82) is 0 Å². The van der Waals surface area contributed by atoms with Crippen molar-refractivity contribution in [2.24, 2.45) is 0 Å². The van der Waals surface area contributed by atoms with Gasteiger partial charge in [-0.25, -0.2) is 0 Å². The first-order valence-corrected chi connectivity index (χ1v) is 9.40. The number of rotatable bonds is 7. The molecule has 0 spiro atoms. The van der Waals surface area contributed by atoms with Gasteiger partial charge in [-0.2, -0.15) is 0 Å². The van der Waals surface area contributed by atoms with Crippen molar-refractivity contribution in [2.45, 2.75) is 12.8 Å². The summed E-state index contributed by atoms with van der Waals surface area (Å²) in [4.78, 5) is 25.4. The maximum absolute atomic E-state index is 13.0. The molecule has 0 saturated carbocycles. The van der Waals surface area contributed by atoms with Crippen LogP contribution in [0.2, 0.25) is 0 Å². The Balaban J connectivity index is 1.71. The van der Waals surface area contributed by atoms with E-state index >= 15 is 0 Å². The minimum Gasteiger partial charge on any atom is -0.495 e. The minimum absolute atomic E-state index is 0.133. The molecule has 0 unspecified atom stereocenters. The third-order valence-corrected chi connectivity index (χ3v) is 4.58. The van der Waals surface area contributed by atoms with Crippen LogP contribution in [-0.4, -0.2) is 25.5 Å². The number of amides is 2. The van der Waals surface area contributed by atoms with E-state index in [1.165, 1.54) is 0 Å². The summed E-state index contributed by atoms with van der Waals surface area (Å²) >= 11 is 0. The van der Waals surface area contributed by atoms with Crippen LogP contribution in [0, 0.1) is 6.92 Å². The number of hydrogen-bond donors (Lipinski definition) is 2. The molecule has 148 valence electrons. The van der Waals surface area contributed by atoms with Crippen LogP contribution in [-0.2, 0) is 9.59 Å². The van der Waals surface area contributed by atoms with Crippen molar-refractivity contribution in [3.8, 4) is 5.75 Å². The first kappa shape index (κ1) is 20.1. The molecular weight excluding hydrogens is 364 g/mol. The second-order valence-corrected chi connectivity index (χ2v) is 6.72. The van der Waals surface area contributed by atoms with Crippen molar-refractivity contribution >= 4 is 17.5 Å². The lowest BCUT2D eigenvalue weighted by atomic mass is 9.90. The Bertz CT molecular complexity index is 932. The van der Waals surface area contributed by atoms with E-state index in [-0.39, 0.29) is 18.4 Å². The van der Waals surface area contributed by atoms with Crippen molar-refractivity contribution in [1.82, 2.24) is 5.32 Å². The highest BCUT2D eigenvalue weighted by Gasteiger charge is 2.23. The topological polar surface area (TPSA) is 67.4 Å². The van der Waals surface area contributed by atoms with E-state index in [1.54, 1.807) is 13.2 Å². The molecular formula is C24H24N2O3. The van der Waals surface area contributed by atoms with Crippen molar-refractivity contribution in [3.63, 3.8) is 0 Å². The molecule has 0 heterocycles. The molecule has 29 heavy (non-hydrogen) atoms. The average molecular weight is 388 g/mol. The van der Waals surface area contributed by atoms with Gasteiger partial charge in [0.25, 0.3) is 0 Å². The van der Waals surface area contributed by atoms with Gasteiger partial charge < -0.3 is 15.4 Å². The molecule has 0 bridgehead atoms. The largest absolute Gasteiger partial charge is 0.495 e. The molecule has 0 aliphatic carbocycles. The van der Waals surface area contributed by atoms with E-state index in [9.17, 15) is 9.59 Å². The molecule has 2 amide bonds. The van der Waals surface area contributed by atoms with Gasteiger partial charge in [-0.15, -0.1) is 0 Å². The Hall–Kier alpha value is -3.60. The molecule has 3 aromatic rings. The fraction of sp³-hybridized carbons (Fsp3) is 0.167. The Morgan fingerprint density at radius 3 is 2.03 bits per heavy atom. The minimum atomic E-state index is -0.487. The molecule has 5 nitrogen and oxygen atoms in total. The second-order valence-electron chi connectivity index (χ2n) is 6.72. The highest BCUT2D eigenvalue weighted by molar-refractivity contribution is 5.97. The molecule has 3 rings (SSSR count). The van der Waals surface area contributed by atoms with Gasteiger partial charge in [0.1, 0.15) is 5.75 Å². The van der Waals surface area contributed by atoms with Gasteiger partial charge >= 0.3 is 0 Å². The van der Waals surface area contributed by atoms with Gasteiger partial charge in [0.15, 0.2) is 0 Å². The molecule has 2 N–H and O–H groups in total. The molecule has 0 fully saturated rings. The fourth-order valence-electron chi connectivity index (χ4n) is 3.17. The van der Waals surface area contributed by atoms with Crippen molar-refractivity contribution < 1.29 is 14.3 Å². The third kappa shape index (κ3) is 5.23. The van der Waals surface area contributed by atoms with E-state index in [2.05, 4.69) is 10.6 Å². The molecule has 0 aromatic heterocycles. The summed E-state index contributed by atoms with van der Waals surface area (Å²) in [7, 11) is 1.55. The maximum Gasteiger partial charge on any atom is 0.243 e. The number of carbonyl (C=O) groups excluding carboxylic acids is 2. The summed E-state index contributed by atoms with van der Waals surface area (Å²) in [6.45, 7) is 1.80. The van der Waals surface area contributed by atoms with Crippen LogP contribution >= 0.6 is 0 Å². The Kier molecular flexibility index (Phi) is 6.63. The number of anilines is 1. The van der Waals surface area contributed by atoms with Crippen molar-refractivity contribution in [3.05, 3.63) is 95.6 Å². The van der Waals surface area contributed by atoms with E-state index in [0.29, 0.717) is 11.4 Å². The highest BCUT2D eigenvalue weighted by atomic mass is 16.5. The van der Waals surface area contributed by atoms with Gasteiger partial charge in [0, 0.05) is 0 Å². The van der Waals surface area contributed by atoms with Gasteiger partial charge in [0.05, 0.1) is 25.3 Å². The van der Waals surface area contributed by atoms with Crippen LogP contribution < -0.4 is 15.4 Å². The number of benzene rings is 3. The molecule has 3 aromatic carbocycles. The van der Waals surface area contributed by atoms with E-state index in [1.807, 2.05) is 79.7 Å². The smallest absolute Gasteiger partial charge is 0.243 e. The monoisotopic (exact) mass is 388 g/mol. The fourth-order valence-corrected chi connectivity index (χ4v) is 3.17. The number of hydrogen-bond acceptors (Lipinski definition) is 3. The Labute approximate surface area is 170 Å². The van der Waals surface area contributed by atoms with Gasteiger partial charge in [-0.3, -0.25) is 9.59 Å². The maximum atomic E-state index is 13.0. The highest BCUT2D eigenvalue weighted by Crippen LogP contribution is 2.26. The zero-order chi connectivity index (χ0) is 20.6. The SMILES string of the molecule is COc1ccc(C)cc1NC(=O)CNC(=O)C(c1ccccc1)c1ccccc1. The summed E-state index contributed by atoms with van der Waals surface area (Å²) < 4.78 is 5.28. The van der Waals surface area contributed by atoms with E-state index in [0.717, 1.165) is 16.7 Å². The predicted octanol–water partition coefficient (Wildman–Crippen LogP) is 3.89. The van der Waals surface area contributed by atoms with Gasteiger partial charge in [0.2, 0.25) is 11.8 Å². The van der Waals surface area contributed by atoms with Crippen LogP contribution in [0.3, 0.4) is 0 Å². The molecule has 0 saturated heterocycles. The average Bonchev–Trinajstić information content (AvgIpc) is 2.74. The Morgan fingerprint density at radius 2 is 1.48 bits per heavy atom. The van der Waals surface area contributed by atoms with E-state index < -0.39 is 5.92 Å². The van der Waals surface area contributed by atoms with Gasteiger partial charge in [-0.1, -0.05) is 66.7 Å². The zero-order valence-electron chi connectivity index (χ0n) is 16.5. The second kappa shape index (κ2) is 9.55. The summed E-state index contributed by atoms with van der Waals surface area (Å²) in [6, 6.07) is 24.6. The first-order valence-electron chi connectivity index (χ1n) is 9.40. The third-order valence-electron chi connectivity index (χ3n) is 4.58. The summed E-state index contributed by atoms with van der Waals surface area (Å²) in [6.07, 6.45) is 0. The quantitative estimate of drug-likeness (QED) is 0.645. The molecule has 0 aliphatic heterocycles. The molecule has 0 atom stereocenters. The molecule has 0 radical (unpaired) electrons. The number of ether oxygens (including phenoxy) is 1. The molecule has 5 heteroatoms. The first-order chi connectivity index (χ1) is 14.1. The van der Waals surface area contributed by atoms with Crippen LogP contribution in [0.4, 0.5) is 5.69 Å². The number of aryl methyl sites for hydroxylation is 1. The predicted molar refractivity (Wildman–Crippen MR) is 114 cm³/mol. The number of nitrogens with one attached hydrogen (secondary N) is 2. The zero-order valence-corrected chi connectivity index (χ0v) is 16.5. The van der Waals surface area contributed by atoms with Crippen LogP contribution in [0.25, 0.3) is 0 Å². The lowest BCUT2D eigenvalue weighted by Crippen LogP contribution is -2.36. The van der Waals surface area contributed by atoms with Crippen LogP contribution in [0.1, 0.15) is 22.6 Å².